The van der Waals surface area contributed by atoms with Crippen LogP contribution in [-0.2, 0) is 12.6 Å². The summed E-state index contributed by atoms with van der Waals surface area (Å²) in [6.07, 6.45) is -3.90. The summed E-state index contributed by atoms with van der Waals surface area (Å²) in [6.45, 7) is 3.44. The molecule has 2 heterocycles. The van der Waals surface area contributed by atoms with Gasteiger partial charge in [0.05, 0.1) is 11.3 Å². The van der Waals surface area contributed by atoms with Gasteiger partial charge in [-0.1, -0.05) is 5.16 Å². The third kappa shape index (κ3) is 4.17. The number of hydrogen-bond acceptors (Lipinski definition) is 5. The van der Waals surface area contributed by atoms with E-state index in [1.165, 1.54) is 13.0 Å². The van der Waals surface area contributed by atoms with E-state index in [2.05, 4.69) is 20.4 Å². The van der Waals surface area contributed by atoms with Gasteiger partial charge in [0, 0.05) is 12.5 Å². The van der Waals surface area contributed by atoms with Crippen LogP contribution >= 0.6 is 12.4 Å². The molecule has 0 aromatic carbocycles. The second kappa shape index (κ2) is 7.06. The van der Waals surface area contributed by atoms with Crippen LogP contribution in [0.15, 0.2) is 16.7 Å². The van der Waals surface area contributed by atoms with E-state index in [4.69, 9.17) is 4.52 Å². The Bertz CT molecular complexity index is 630. The van der Waals surface area contributed by atoms with Crippen LogP contribution < -0.4 is 5.32 Å². The molecule has 22 heavy (non-hydrogen) atoms. The maximum atomic E-state index is 12.6. The van der Waals surface area contributed by atoms with Crippen LogP contribution in [0.1, 0.15) is 24.1 Å². The van der Waals surface area contributed by atoms with Crippen molar-refractivity contribution in [2.45, 2.75) is 32.5 Å². The van der Waals surface area contributed by atoms with Gasteiger partial charge in [0.1, 0.15) is 5.69 Å². The molecule has 2 rings (SSSR count). The fourth-order valence-corrected chi connectivity index (χ4v) is 1.77. The van der Waals surface area contributed by atoms with Crippen LogP contribution in [0.2, 0.25) is 0 Å². The number of halogens is 4. The molecule has 0 saturated carbocycles. The van der Waals surface area contributed by atoms with Crippen molar-refractivity contribution >= 4 is 12.4 Å². The monoisotopic (exact) mass is 336 g/mol. The molecule has 0 saturated heterocycles. The third-order valence-corrected chi connectivity index (χ3v) is 3.06. The number of rotatable bonds is 4. The first-order chi connectivity index (χ1) is 9.81. The first-order valence-corrected chi connectivity index (χ1v) is 6.36. The molecule has 0 radical (unpaired) electrons. The lowest BCUT2D eigenvalue weighted by Crippen LogP contribution is -2.24. The minimum absolute atomic E-state index is 0. The minimum atomic E-state index is -4.47. The molecule has 9 heteroatoms. The Morgan fingerprint density at radius 2 is 1.95 bits per heavy atom. The topological polar surface area (TPSA) is 63.8 Å². The molecule has 2 aromatic heterocycles. The molecule has 2 aromatic rings. The molecule has 0 fully saturated rings. The SMILES string of the molecule is CNC(C)Cc1noc(-c2ccc(C(F)(F)F)nc2C)n1.Cl. The zero-order valence-electron chi connectivity index (χ0n) is 12.2. The normalized spacial score (nSPS) is 12.8. The quantitative estimate of drug-likeness (QED) is 0.929. The van der Waals surface area contributed by atoms with Gasteiger partial charge in [0.2, 0.25) is 0 Å². The Kier molecular flexibility index (Phi) is 5.90. The smallest absolute Gasteiger partial charge is 0.334 e. The largest absolute Gasteiger partial charge is 0.433 e. The summed E-state index contributed by atoms with van der Waals surface area (Å²) in [7, 11) is 1.82. The summed E-state index contributed by atoms with van der Waals surface area (Å²) in [5.74, 6) is 0.665. The van der Waals surface area contributed by atoms with Gasteiger partial charge < -0.3 is 9.84 Å². The van der Waals surface area contributed by atoms with E-state index in [0.29, 0.717) is 17.8 Å². The predicted molar refractivity (Wildman–Crippen MR) is 76.7 cm³/mol. The maximum Gasteiger partial charge on any atom is 0.433 e. The molecule has 0 amide bonds. The molecular formula is C13H16ClF3N4O. The van der Waals surface area contributed by atoms with Crippen LogP contribution in [0.3, 0.4) is 0 Å². The van der Waals surface area contributed by atoms with Crippen molar-refractivity contribution in [3.05, 3.63) is 29.3 Å². The molecule has 0 bridgehead atoms. The van der Waals surface area contributed by atoms with Crippen molar-refractivity contribution in [3.8, 4) is 11.5 Å². The number of nitrogens with one attached hydrogen (secondary N) is 1. The lowest BCUT2D eigenvalue weighted by molar-refractivity contribution is -0.141. The third-order valence-electron chi connectivity index (χ3n) is 3.06. The van der Waals surface area contributed by atoms with Gasteiger partial charge in [0.15, 0.2) is 5.82 Å². The molecule has 0 aliphatic carbocycles. The van der Waals surface area contributed by atoms with Crippen LogP contribution in [0.5, 0.6) is 0 Å². The zero-order chi connectivity index (χ0) is 15.6. The number of pyridine rings is 1. The second-order valence-corrected chi connectivity index (χ2v) is 4.74. The maximum absolute atomic E-state index is 12.6. The van der Waals surface area contributed by atoms with Gasteiger partial charge in [-0.05, 0) is 33.0 Å². The highest BCUT2D eigenvalue weighted by atomic mass is 35.5. The molecule has 0 aliphatic heterocycles. The molecular weight excluding hydrogens is 321 g/mol. The summed E-state index contributed by atoms with van der Waals surface area (Å²) >= 11 is 0. The van der Waals surface area contributed by atoms with E-state index in [9.17, 15) is 13.2 Å². The number of aryl methyl sites for hydroxylation is 1. The average molecular weight is 337 g/mol. The Hall–Kier alpha value is -1.67. The number of hydrogen-bond donors (Lipinski definition) is 1. The minimum Gasteiger partial charge on any atom is -0.334 e. The van der Waals surface area contributed by atoms with E-state index in [-0.39, 0.29) is 30.0 Å². The van der Waals surface area contributed by atoms with Gasteiger partial charge in [-0.15, -0.1) is 12.4 Å². The van der Waals surface area contributed by atoms with Gasteiger partial charge in [-0.25, -0.2) is 4.98 Å². The number of likely N-dealkylation sites (N-methyl/N-ethyl adjacent to an activating group) is 1. The lowest BCUT2D eigenvalue weighted by Gasteiger charge is -2.07. The van der Waals surface area contributed by atoms with Crippen LogP contribution in [0, 0.1) is 6.92 Å². The first-order valence-electron chi connectivity index (χ1n) is 6.36. The molecule has 5 nitrogen and oxygen atoms in total. The van der Waals surface area contributed by atoms with Crippen molar-refractivity contribution in [3.63, 3.8) is 0 Å². The fourth-order valence-electron chi connectivity index (χ4n) is 1.77. The molecule has 1 N–H and O–H groups in total. The van der Waals surface area contributed by atoms with Crippen LogP contribution in [-0.4, -0.2) is 28.2 Å². The molecule has 1 unspecified atom stereocenters. The highest BCUT2D eigenvalue weighted by molar-refractivity contribution is 5.85. The van der Waals surface area contributed by atoms with Crippen molar-refractivity contribution in [2.24, 2.45) is 0 Å². The Balaban J connectivity index is 0.00000242. The van der Waals surface area contributed by atoms with Crippen molar-refractivity contribution in [1.82, 2.24) is 20.4 Å². The van der Waals surface area contributed by atoms with E-state index >= 15 is 0 Å². The van der Waals surface area contributed by atoms with Gasteiger partial charge in [-0.3, -0.25) is 0 Å². The van der Waals surface area contributed by atoms with E-state index in [1.807, 2.05) is 14.0 Å². The molecule has 122 valence electrons. The zero-order valence-corrected chi connectivity index (χ0v) is 13.0. The summed E-state index contributed by atoms with van der Waals surface area (Å²) in [5, 5.41) is 6.86. The Morgan fingerprint density at radius 3 is 2.50 bits per heavy atom. The first kappa shape index (κ1) is 18.4. The van der Waals surface area contributed by atoms with E-state index < -0.39 is 11.9 Å². The second-order valence-electron chi connectivity index (χ2n) is 4.74. The lowest BCUT2D eigenvalue weighted by atomic mass is 10.2. The summed E-state index contributed by atoms with van der Waals surface area (Å²) in [4.78, 5) is 7.72. The summed E-state index contributed by atoms with van der Waals surface area (Å²) < 4.78 is 42.8. The molecule has 0 spiro atoms. The van der Waals surface area contributed by atoms with Crippen molar-refractivity contribution in [1.29, 1.82) is 0 Å². The van der Waals surface area contributed by atoms with Gasteiger partial charge >= 0.3 is 6.18 Å². The van der Waals surface area contributed by atoms with Crippen molar-refractivity contribution in [2.75, 3.05) is 7.05 Å². The summed E-state index contributed by atoms with van der Waals surface area (Å²) in [6, 6.07) is 2.37. The van der Waals surface area contributed by atoms with Gasteiger partial charge in [0.25, 0.3) is 5.89 Å². The standard InChI is InChI=1S/C13H15F3N4O.ClH/c1-7(17-3)6-11-19-12(21-20-11)9-4-5-10(13(14,15)16)18-8(9)2;/h4-5,7,17H,6H2,1-3H3;1H. The Labute approximate surface area is 131 Å². The number of aromatic nitrogens is 3. The van der Waals surface area contributed by atoms with Crippen LogP contribution in [0.4, 0.5) is 13.2 Å². The predicted octanol–water partition coefficient (Wildman–Crippen LogP) is 3.03. The highest BCUT2D eigenvalue weighted by Crippen LogP contribution is 2.30. The average Bonchev–Trinajstić information content (AvgIpc) is 2.85. The Morgan fingerprint density at radius 1 is 1.27 bits per heavy atom. The molecule has 1 atom stereocenters. The number of nitrogens with zero attached hydrogens (tertiary/aromatic N) is 3. The molecule has 0 aliphatic rings. The number of alkyl halides is 3. The van der Waals surface area contributed by atoms with Crippen LogP contribution in [0.25, 0.3) is 11.5 Å². The van der Waals surface area contributed by atoms with E-state index in [1.54, 1.807) is 0 Å². The highest BCUT2D eigenvalue weighted by Gasteiger charge is 2.33. The summed E-state index contributed by atoms with van der Waals surface area (Å²) in [5.41, 5.74) is -0.340. The van der Waals surface area contributed by atoms with E-state index in [0.717, 1.165) is 6.07 Å². The fraction of sp³-hybridized carbons (Fsp3) is 0.462. The van der Waals surface area contributed by atoms with Gasteiger partial charge in [-0.2, -0.15) is 18.2 Å². The van der Waals surface area contributed by atoms with Crippen molar-refractivity contribution < 1.29 is 17.7 Å².